The van der Waals surface area contributed by atoms with Crippen LogP contribution >= 0.6 is 11.6 Å². The maximum atomic E-state index is 13.3. The molecular formula is C26H34ClN3O2. The van der Waals surface area contributed by atoms with Gasteiger partial charge in [-0.25, -0.2) is 5.01 Å². The van der Waals surface area contributed by atoms with E-state index in [1.165, 1.54) is 5.56 Å². The van der Waals surface area contributed by atoms with Crippen LogP contribution in [0.3, 0.4) is 0 Å². The summed E-state index contributed by atoms with van der Waals surface area (Å²) in [7, 11) is 2.16. The highest BCUT2D eigenvalue weighted by atomic mass is 35.5. The van der Waals surface area contributed by atoms with Gasteiger partial charge in [-0.2, -0.15) is 0 Å². The Morgan fingerprint density at radius 1 is 0.969 bits per heavy atom. The molecule has 2 aromatic rings. The third kappa shape index (κ3) is 5.28. The summed E-state index contributed by atoms with van der Waals surface area (Å²) in [6.45, 7) is 8.30. The van der Waals surface area contributed by atoms with E-state index < -0.39 is 0 Å². The third-order valence-electron chi connectivity index (χ3n) is 6.61. The Hall–Kier alpha value is -2.08. The van der Waals surface area contributed by atoms with Gasteiger partial charge < -0.3 is 9.64 Å². The standard InChI is InChI=1S/C26H34ClN3O2/c1-20(2)19-32-24-10-6-21(7-11-24)17-29-25(31)16-26(12-14-28(3)15-13-26)30(29)18-22-4-8-23(27)9-5-22/h4-11,20H,12-19H2,1-3H3. The first-order chi connectivity index (χ1) is 15.3. The monoisotopic (exact) mass is 455 g/mol. The lowest BCUT2D eigenvalue weighted by atomic mass is 9.84. The van der Waals surface area contributed by atoms with Crippen LogP contribution in [0.15, 0.2) is 48.5 Å². The smallest absolute Gasteiger partial charge is 0.239 e. The summed E-state index contributed by atoms with van der Waals surface area (Å²) in [5.74, 6) is 1.58. The fraction of sp³-hybridized carbons (Fsp3) is 0.500. The van der Waals surface area contributed by atoms with Gasteiger partial charge in [0.2, 0.25) is 5.91 Å². The minimum atomic E-state index is -0.108. The molecule has 0 N–H and O–H groups in total. The molecule has 0 aromatic heterocycles. The van der Waals surface area contributed by atoms with Gasteiger partial charge >= 0.3 is 0 Å². The number of halogens is 1. The summed E-state index contributed by atoms with van der Waals surface area (Å²) in [6, 6.07) is 16.1. The van der Waals surface area contributed by atoms with Crippen LogP contribution in [0.5, 0.6) is 5.75 Å². The summed E-state index contributed by atoms with van der Waals surface area (Å²) in [5, 5.41) is 5.05. The summed E-state index contributed by atoms with van der Waals surface area (Å²) in [5.41, 5.74) is 2.18. The highest BCUT2D eigenvalue weighted by Gasteiger charge is 2.50. The molecule has 4 rings (SSSR count). The van der Waals surface area contributed by atoms with Crippen molar-refractivity contribution < 1.29 is 9.53 Å². The van der Waals surface area contributed by atoms with Crippen molar-refractivity contribution in [2.75, 3.05) is 26.7 Å². The predicted octanol–water partition coefficient (Wildman–Crippen LogP) is 4.99. The first kappa shape index (κ1) is 23.1. The summed E-state index contributed by atoms with van der Waals surface area (Å²) < 4.78 is 5.82. The molecule has 0 aliphatic carbocycles. The van der Waals surface area contributed by atoms with Crippen molar-refractivity contribution in [3.63, 3.8) is 0 Å². The maximum absolute atomic E-state index is 13.3. The number of nitrogens with zero attached hydrogens (tertiary/aromatic N) is 3. The molecule has 2 aliphatic rings. The quantitative estimate of drug-likeness (QED) is 0.589. The third-order valence-corrected chi connectivity index (χ3v) is 6.86. The number of hydrazine groups is 1. The number of hydrogen-bond donors (Lipinski definition) is 0. The molecule has 2 heterocycles. The molecule has 1 spiro atoms. The average molecular weight is 456 g/mol. The van der Waals surface area contributed by atoms with Crippen molar-refractivity contribution in [2.45, 2.75) is 51.7 Å². The second kappa shape index (κ2) is 9.82. The molecule has 1 amide bonds. The fourth-order valence-electron chi connectivity index (χ4n) is 4.64. The van der Waals surface area contributed by atoms with Gasteiger partial charge in [0.15, 0.2) is 0 Å². The van der Waals surface area contributed by atoms with Crippen LogP contribution in [0, 0.1) is 5.92 Å². The molecule has 0 unspecified atom stereocenters. The lowest BCUT2D eigenvalue weighted by Crippen LogP contribution is -2.54. The van der Waals surface area contributed by atoms with Gasteiger partial charge in [-0.05, 0) is 74.3 Å². The van der Waals surface area contributed by atoms with E-state index in [-0.39, 0.29) is 11.4 Å². The van der Waals surface area contributed by atoms with Gasteiger partial charge in [-0.3, -0.25) is 9.80 Å². The van der Waals surface area contributed by atoms with Gasteiger partial charge in [0.1, 0.15) is 5.75 Å². The Bertz CT molecular complexity index is 906. The molecule has 0 saturated carbocycles. The number of likely N-dealkylation sites (tertiary alicyclic amines) is 1. The first-order valence-electron chi connectivity index (χ1n) is 11.6. The lowest BCUT2D eigenvalue weighted by Gasteiger charge is -2.45. The number of carbonyl (C=O) groups is 1. The maximum Gasteiger partial charge on any atom is 0.239 e. The van der Waals surface area contributed by atoms with E-state index in [0.717, 1.165) is 42.3 Å². The SMILES string of the molecule is CC(C)COc1ccc(CN2C(=O)CC3(CCN(C)CC3)N2Cc2ccc(Cl)cc2)cc1. The van der Waals surface area contributed by atoms with Crippen LogP contribution in [-0.2, 0) is 17.9 Å². The number of hydrogen-bond acceptors (Lipinski definition) is 4. The molecule has 2 aromatic carbocycles. The number of amides is 1. The number of ether oxygens (including phenoxy) is 1. The zero-order valence-electron chi connectivity index (χ0n) is 19.4. The van der Waals surface area contributed by atoms with Gasteiger partial charge in [0.25, 0.3) is 0 Å². The molecule has 0 bridgehead atoms. The summed E-state index contributed by atoms with van der Waals surface area (Å²) in [6.07, 6.45) is 2.59. The minimum absolute atomic E-state index is 0.108. The van der Waals surface area contributed by atoms with Crippen LogP contribution in [0.2, 0.25) is 5.02 Å². The number of rotatable bonds is 7. The van der Waals surface area contributed by atoms with E-state index in [1.54, 1.807) is 0 Å². The van der Waals surface area contributed by atoms with Crippen molar-refractivity contribution in [3.05, 3.63) is 64.7 Å². The second-order valence-corrected chi connectivity index (χ2v) is 10.1. The Morgan fingerprint density at radius 2 is 1.56 bits per heavy atom. The van der Waals surface area contributed by atoms with E-state index in [9.17, 15) is 4.79 Å². The first-order valence-corrected chi connectivity index (χ1v) is 12.0. The van der Waals surface area contributed by atoms with E-state index in [1.807, 2.05) is 29.3 Å². The zero-order valence-corrected chi connectivity index (χ0v) is 20.1. The molecule has 2 aliphatic heterocycles. The minimum Gasteiger partial charge on any atom is -0.493 e. The molecule has 0 radical (unpaired) electrons. The molecule has 2 fully saturated rings. The van der Waals surface area contributed by atoms with Crippen LogP contribution in [0.25, 0.3) is 0 Å². The molecule has 6 heteroatoms. The summed E-state index contributed by atoms with van der Waals surface area (Å²) in [4.78, 5) is 15.6. The van der Waals surface area contributed by atoms with Crippen LogP contribution in [0.1, 0.15) is 44.2 Å². The lowest BCUT2D eigenvalue weighted by molar-refractivity contribution is -0.145. The number of carbonyl (C=O) groups excluding carboxylic acids is 1. The zero-order chi connectivity index (χ0) is 22.7. The van der Waals surface area contributed by atoms with E-state index in [4.69, 9.17) is 16.3 Å². The van der Waals surface area contributed by atoms with Crippen molar-refractivity contribution >= 4 is 17.5 Å². The highest BCUT2D eigenvalue weighted by molar-refractivity contribution is 6.30. The van der Waals surface area contributed by atoms with Gasteiger partial charge in [0.05, 0.1) is 18.7 Å². The largest absolute Gasteiger partial charge is 0.493 e. The normalized spacial score (nSPS) is 19.3. The highest BCUT2D eigenvalue weighted by Crippen LogP contribution is 2.41. The molecule has 32 heavy (non-hydrogen) atoms. The summed E-state index contributed by atoms with van der Waals surface area (Å²) >= 11 is 6.10. The Labute approximate surface area is 196 Å². The van der Waals surface area contributed by atoms with Crippen molar-refractivity contribution in [2.24, 2.45) is 5.92 Å². The van der Waals surface area contributed by atoms with E-state index in [2.05, 4.69) is 55.1 Å². The number of piperidine rings is 1. The van der Waals surface area contributed by atoms with Crippen molar-refractivity contribution in [3.8, 4) is 5.75 Å². The molecule has 2 saturated heterocycles. The van der Waals surface area contributed by atoms with Gasteiger partial charge in [-0.1, -0.05) is 49.7 Å². The molecule has 0 atom stereocenters. The van der Waals surface area contributed by atoms with Crippen molar-refractivity contribution in [1.82, 2.24) is 14.9 Å². The fourth-order valence-corrected chi connectivity index (χ4v) is 4.77. The Kier molecular flexibility index (Phi) is 7.08. The van der Waals surface area contributed by atoms with Crippen molar-refractivity contribution in [1.29, 1.82) is 0 Å². The van der Waals surface area contributed by atoms with Crippen LogP contribution < -0.4 is 4.74 Å². The molecule has 172 valence electrons. The Balaban J connectivity index is 1.54. The predicted molar refractivity (Wildman–Crippen MR) is 128 cm³/mol. The van der Waals surface area contributed by atoms with Crippen LogP contribution in [-0.4, -0.2) is 53.1 Å². The second-order valence-electron chi connectivity index (χ2n) is 9.69. The van der Waals surface area contributed by atoms with E-state index in [0.29, 0.717) is 32.0 Å². The number of benzene rings is 2. The molecular weight excluding hydrogens is 422 g/mol. The van der Waals surface area contributed by atoms with Gasteiger partial charge in [0, 0.05) is 18.0 Å². The van der Waals surface area contributed by atoms with E-state index >= 15 is 0 Å². The average Bonchev–Trinajstić information content (AvgIpc) is 3.02. The Morgan fingerprint density at radius 3 is 2.19 bits per heavy atom. The molecule has 5 nitrogen and oxygen atoms in total. The topological polar surface area (TPSA) is 36.0 Å². The van der Waals surface area contributed by atoms with Crippen LogP contribution in [0.4, 0.5) is 0 Å². The van der Waals surface area contributed by atoms with Gasteiger partial charge in [-0.15, -0.1) is 0 Å².